The number of carbonyl (C=O) groups is 2. The molecule has 1 aliphatic rings. The van der Waals surface area contributed by atoms with Crippen molar-refractivity contribution in [1.82, 2.24) is 0 Å². The summed E-state index contributed by atoms with van der Waals surface area (Å²) in [6.45, 7) is 4.97. The Hall–Kier alpha value is -1.12. The van der Waals surface area contributed by atoms with Gasteiger partial charge in [-0.1, -0.05) is 6.58 Å². The Bertz CT molecular complexity index is 217. The van der Waals surface area contributed by atoms with Crippen LogP contribution in [-0.2, 0) is 14.3 Å². The second-order valence-corrected chi connectivity index (χ2v) is 2.77. The zero-order valence-electron chi connectivity index (χ0n) is 6.42. The van der Waals surface area contributed by atoms with Gasteiger partial charge in [0.25, 0.3) is 0 Å². The van der Waals surface area contributed by atoms with Crippen LogP contribution in [0.2, 0.25) is 0 Å². The standard InChI is InChI=1S/C8H10O3/c1-5(9)3-7-4-6(2)11-8(7)10/h7H,2-4H2,1H3. The van der Waals surface area contributed by atoms with Gasteiger partial charge in [0.2, 0.25) is 0 Å². The number of ether oxygens (including phenoxy) is 1. The molecule has 0 spiro atoms. The van der Waals surface area contributed by atoms with Crippen molar-refractivity contribution in [2.75, 3.05) is 0 Å². The number of Topliss-reactive ketones (excluding diaryl/α,β-unsaturated/α-hetero) is 1. The molecule has 3 nitrogen and oxygen atoms in total. The van der Waals surface area contributed by atoms with Crippen molar-refractivity contribution >= 4 is 11.8 Å². The van der Waals surface area contributed by atoms with Crippen molar-refractivity contribution in [3.63, 3.8) is 0 Å². The molecule has 3 heteroatoms. The number of carbonyl (C=O) groups excluding carboxylic acids is 2. The third-order valence-electron chi connectivity index (χ3n) is 1.59. The number of ketones is 1. The summed E-state index contributed by atoms with van der Waals surface area (Å²) < 4.78 is 4.69. The van der Waals surface area contributed by atoms with E-state index in [0.717, 1.165) is 0 Å². The summed E-state index contributed by atoms with van der Waals surface area (Å²) in [6.07, 6.45) is 0.774. The van der Waals surface area contributed by atoms with Crippen LogP contribution < -0.4 is 0 Å². The van der Waals surface area contributed by atoms with Gasteiger partial charge in [0.15, 0.2) is 0 Å². The molecule has 0 aromatic heterocycles. The first-order valence-electron chi connectivity index (χ1n) is 3.48. The van der Waals surface area contributed by atoms with Crippen LogP contribution in [0.15, 0.2) is 12.3 Å². The minimum absolute atomic E-state index is 0.0154. The molecule has 11 heavy (non-hydrogen) atoms. The molecule has 1 rings (SSSR count). The molecule has 0 aromatic carbocycles. The van der Waals surface area contributed by atoms with Gasteiger partial charge in [-0.2, -0.15) is 0 Å². The summed E-state index contributed by atoms with van der Waals surface area (Å²) in [5.74, 6) is -0.104. The molecule has 0 aliphatic carbocycles. The van der Waals surface area contributed by atoms with Gasteiger partial charge in [0.05, 0.1) is 5.92 Å². The van der Waals surface area contributed by atoms with Crippen molar-refractivity contribution in [2.24, 2.45) is 5.92 Å². The number of esters is 1. The summed E-state index contributed by atoms with van der Waals surface area (Å²) in [7, 11) is 0. The lowest BCUT2D eigenvalue weighted by Gasteiger charge is -1.98. The molecule has 0 bridgehead atoms. The fraction of sp³-hybridized carbons (Fsp3) is 0.500. The van der Waals surface area contributed by atoms with Crippen LogP contribution in [0.1, 0.15) is 19.8 Å². The van der Waals surface area contributed by atoms with Crippen molar-refractivity contribution in [3.8, 4) is 0 Å². The molecular weight excluding hydrogens is 144 g/mol. The van der Waals surface area contributed by atoms with Crippen molar-refractivity contribution in [1.29, 1.82) is 0 Å². The Balaban J connectivity index is 2.53. The highest BCUT2D eigenvalue weighted by Gasteiger charge is 2.30. The lowest BCUT2D eigenvalue weighted by atomic mass is 10.0. The Morgan fingerprint density at radius 1 is 1.82 bits per heavy atom. The SMILES string of the molecule is C=C1CC(CC(C)=O)C(=O)O1. The first-order chi connectivity index (χ1) is 5.09. The normalized spacial score (nSPS) is 23.5. The Kier molecular flexibility index (Phi) is 2.08. The van der Waals surface area contributed by atoms with Crippen LogP contribution in [-0.4, -0.2) is 11.8 Å². The predicted molar refractivity (Wildman–Crippen MR) is 38.6 cm³/mol. The quantitative estimate of drug-likeness (QED) is 0.558. The fourth-order valence-corrected chi connectivity index (χ4v) is 1.13. The molecule has 0 amide bonds. The fourth-order valence-electron chi connectivity index (χ4n) is 1.13. The van der Waals surface area contributed by atoms with Gasteiger partial charge in [0.1, 0.15) is 11.5 Å². The maximum Gasteiger partial charge on any atom is 0.314 e. The topological polar surface area (TPSA) is 43.4 Å². The highest BCUT2D eigenvalue weighted by molar-refractivity contribution is 5.84. The number of rotatable bonds is 2. The predicted octanol–water partition coefficient (Wildman–Crippen LogP) is 1.04. The van der Waals surface area contributed by atoms with E-state index in [9.17, 15) is 9.59 Å². The zero-order valence-corrected chi connectivity index (χ0v) is 6.42. The average molecular weight is 154 g/mol. The van der Waals surface area contributed by atoms with E-state index in [-0.39, 0.29) is 24.1 Å². The summed E-state index contributed by atoms with van der Waals surface area (Å²) in [5, 5.41) is 0. The van der Waals surface area contributed by atoms with Gasteiger partial charge >= 0.3 is 5.97 Å². The summed E-state index contributed by atoms with van der Waals surface area (Å²) in [4.78, 5) is 21.5. The first kappa shape index (κ1) is 7.98. The van der Waals surface area contributed by atoms with Gasteiger partial charge < -0.3 is 9.53 Å². The van der Waals surface area contributed by atoms with E-state index in [0.29, 0.717) is 12.2 Å². The van der Waals surface area contributed by atoms with Crippen molar-refractivity contribution in [2.45, 2.75) is 19.8 Å². The molecule has 60 valence electrons. The first-order valence-corrected chi connectivity index (χ1v) is 3.48. The van der Waals surface area contributed by atoms with Crippen LogP contribution in [0.5, 0.6) is 0 Å². The van der Waals surface area contributed by atoms with Gasteiger partial charge in [-0.3, -0.25) is 4.79 Å². The lowest BCUT2D eigenvalue weighted by molar-refractivity contribution is -0.140. The molecule has 0 saturated carbocycles. The van der Waals surface area contributed by atoms with Crippen LogP contribution in [0.4, 0.5) is 0 Å². The largest absolute Gasteiger partial charge is 0.431 e. The Morgan fingerprint density at radius 3 is 2.82 bits per heavy atom. The molecule has 1 saturated heterocycles. The van der Waals surface area contributed by atoms with E-state index in [1.54, 1.807) is 0 Å². The van der Waals surface area contributed by atoms with E-state index in [2.05, 4.69) is 11.3 Å². The minimum atomic E-state index is -0.315. The second-order valence-electron chi connectivity index (χ2n) is 2.77. The molecule has 1 atom stereocenters. The van der Waals surface area contributed by atoms with Crippen LogP contribution in [0, 0.1) is 5.92 Å². The molecule has 1 heterocycles. The molecule has 0 aromatic rings. The minimum Gasteiger partial charge on any atom is -0.431 e. The highest BCUT2D eigenvalue weighted by atomic mass is 16.5. The van der Waals surface area contributed by atoms with Gasteiger partial charge in [-0.05, 0) is 6.92 Å². The monoisotopic (exact) mass is 154 g/mol. The zero-order chi connectivity index (χ0) is 8.43. The lowest BCUT2D eigenvalue weighted by Crippen LogP contribution is -2.10. The third kappa shape index (κ3) is 1.90. The molecule has 1 aliphatic heterocycles. The number of hydrogen-bond donors (Lipinski definition) is 0. The maximum absolute atomic E-state index is 10.9. The van der Waals surface area contributed by atoms with Gasteiger partial charge in [-0.25, -0.2) is 0 Å². The van der Waals surface area contributed by atoms with E-state index >= 15 is 0 Å². The Labute approximate surface area is 65.0 Å². The number of allylic oxidation sites excluding steroid dienone is 1. The van der Waals surface area contributed by atoms with Crippen molar-refractivity contribution < 1.29 is 14.3 Å². The summed E-state index contributed by atoms with van der Waals surface area (Å²) in [6, 6.07) is 0. The Morgan fingerprint density at radius 2 is 2.45 bits per heavy atom. The van der Waals surface area contributed by atoms with E-state index in [1.165, 1.54) is 6.92 Å². The highest BCUT2D eigenvalue weighted by Crippen LogP contribution is 2.25. The second kappa shape index (κ2) is 2.86. The number of hydrogen-bond acceptors (Lipinski definition) is 3. The average Bonchev–Trinajstić information content (AvgIpc) is 2.09. The van der Waals surface area contributed by atoms with E-state index in [1.807, 2.05) is 0 Å². The molecule has 0 N–H and O–H groups in total. The van der Waals surface area contributed by atoms with E-state index in [4.69, 9.17) is 0 Å². The smallest absolute Gasteiger partial charge is 0.314 e. The molecular formula is C8H10O3. The maximum atomic E-state index is 10.9. The van der Waals surface area contributed by atoms with Gasteiger partial charge in [0, 0.05) is 12.8 Å². The van der Waals surface area contributed by atoms with E-state index < -0.39 is 0 Å². The molecule has 1 fully saturated rings. The number of cyclic esters (lactones) is 1. The van der Waals surface area contributed by atoms with Crippen LogP contribution in [0.3, 0.4) is 0 Å². The van der Waals surface area contributed by atoms with Crippen LogP contribution in [0.25, 0.3) is 0 Å². The van der Waals surface area contributed by atoms with Crippen molar-refractivity contribution in [3.05, 3.63) is 12.3 Å². The molecule has 0 radical (unpaired) electrons. The molecule has 1 unspecified atom stereocenters. The summed E-state index contributed by atoms with van der Waals surface area (Å²) in [5.41, 5.74) is 0. The van der Waals surface area contributed by atoms with Crippen LogP contribution >= 0.6 is 0 Å². The third-order valence-corrected chi connectivity index (χ3v) is 1.59. The van der Waals surface area contributed by atoms with Gasteiger partial charge in [-0.15, -0.1) is 0 Å². The summed E-state index contributed by atoms with van der Waals surface area (Å²) >= 11 is 0.